The van der Waals surface area contributed by atoms with Crippen LogP contribution in [0, 0.1) is 0 Å². The van der Waals surface area contributed by atoms with E-state index in [0.717, 1.165) is 16.8 Å². The van der Waals surface area contributed by atoms with Gasteiger partial charge < -0.3 is 21.1 Å². The van der Waals surface area contributed by atoms with Gasteiger partial charge in [0.2, 0.25) is 5.91 Å². The molecule has 0 aliphatic carbocycles. The van der Waals surface area contributed by atoms with Gasteiger partial charge in [-0.2, -0.15) is 8.78 Å². The van der Waals surface area contributed by atoms with E-state index in [2.05, 4.69) is 9.13 Å². The second kappa shape index (κ2) is 9.92. The lowest BCUT2D eigenvalue weighted by Crippen LogP contribution is -2.38. The first-order valence-electron chi connectivity index (χ1n) is 8.86. The number of benzene rings is 2. The number of halogens is 3. The number of nitrogens with two attached hydrogens (primary N) is 2. The van der Waals surface area contributed by atoms with Gasteiger partial charge in [0.1, 0.15) is 11.8 Å². The highest BCUT2D eigenvalue weighted by atomic mass is 35.5. The Kier molecular flexibility index (Phi) is 7.30. The molecule has 0 saturated carbocycles. The van der Waals surface area contributed by atoms with E-state index >= 15 is 0 Å². The molecule has 1 heterocycles. The van der Waals surface area contributed by atoms with Crippen molar-refractivity contribution in [1.29, 1.82) is 0 Å². The van der Waals surface area contributed by atoms with Crippen LogP contribution in [0.3, 0.4) is 0 Å². The maximum Gasteiger partial charge on any atom is 0.387 e. The lowest BCUT2D eigenvalue weighted by Gasteiger charge is -2.21. The van der Waals surface area contributed by atoms with E-state index in [-0.39, 0.29) is 18.2 Å². The fourth-order valence-electron chi connectivity index (χ4n) is 2.82. The van der Waals surface area contributed by atoms with Gasteiger partial charge in [0, 0.05) is 45.9 Å². The van der Waals surface area contributed by atoms with Crippen molar-refractivity contribution in [3.05, 3.63) is 70.4 Å². The summed E-state index contributed by atoms with van der Waals surface area (Å²) in [4.78, 5) is 15.0. The maximum atomic E-state index is 12.7. The first-order chi connectivity index (χ1) is 14.3. The highest BCUT2D eigenvalue weighted by molar-refractivity contribution is 7.98. The number of hydrogen-bond acceptors (Lipinski definition) is 6. The second-order valence-electron chi connectivity index (χ2n) is 6.45. The van der Waals surface area contributed by atoms with Crippen LogP contribution in [0.25, 0.3) is 0 Å². The summed E-state index contributed by atoms with van der Waals surface area (Å²) in [7, 11) is 0. The average molecular weight is 453 g/mol. The first-order valence-corrected chi connectivity index (χ1v) is 10.0. The molecule has 0 fully saturated rings. The molecular weight excluding hydrogens is 434 g/mol. The topological polar surface area (TPSA) is 93.9 Å². The van der Waals surface area contributed by atoms with E-state index in [1.807, 2.05) is 0 Å². The molecule has 158 valence electrons. The molecular formula is C20H19ClF2N4O2S. The maximum absolute atomic E-state index is 12.7. The Hall–Kier alpha value is -2.62. The summed E-state index contributed by atoms with van der Waals surface area (Å²) < 4.78 is 32.9. The summed E-state index contributed by atoms with van der Waals surface area (Å²) in [6.07, 6.45) is 1.59. The number of hydrogen-bond donors (Lipinski definition) is 2. The Morgan fingerprint density at radius 1 is 1.23 bits per heavy atom. The molecule has 30 heavy (non-hydrogen) atoms. The fourth-order valence-corrected chi connectivity index (χ4v) is 3.58. The molecule has 1 aliphatic heterocycles. The predicted molar refractivity (Wildman–Crippen MR) is 114 cm³/mol. The van der Waals surface area contributed by atoms with E-state index in [9.17, 15) is 13.6 Å². The Balaban J connectivity index is 1.56. The van der Waals surface area contributed by atoms with Gasteiger partial charge in [-0.1, -0.05) is 23.7 Å². The van der Waals surface area contributed by atoms with Crippen molar-refractivity contribution in [2.75, 3.05) is 13.1 Å². The zero-order valence-electron chi connectivity index (χ0n) is 15.7. The van der Waals surface area contributed by atoms with Gasteiger partial charge in [0.05, 0.1) is 6.54 Å². The summed E-state index contributed by atoms with van der Waals surface area (Å²) in [5.41, 5.74) is 14.0. The minimum Gasteiger partial charge on any atom is -0.435 e. The van der Waals surface area contributed by atoms with E-state index in [1.165, 1.54) is 12.1 Å². The second-order valence-corrected chi connectivity index (χ2v) is 7.75. The molecule has 1 atom stereocenters. The van der Waals surface area contributed by atoms with Crippen LogP contribution < -0.4 is 16.2 Å². The molecule has 1 unspecified atom stereocenters. The van der Waals surface area contributed by atoms with Crippen molar-refractivity contribution in [3.63, 3.8) is 0 Å². The van der Waals surface area contributed by atoms with Crippen molar-refractivity contribution < 1.29 is 18.3 Å². The van der Waals surface area contributed by atoms with Crippen LogP contribution in [0.15, 0.2) is 69.1 Å². The molecule has 1 amide bonds. The highest BCUT2D eigenvalue weighted by Gasteiger charge is 2.28. The normalized spacial score (nSPS) is 15.3. The Bertz CT molecular complexity index is 970. The third kappa shape index (κ3) is 5.71. The smallest absolute Gasteiger partial charge is 0.387 e. The molecule has 2 aromatic carbocycles. The molecule has 0 aromatic heterocycles. The van der Waals surface area contributed by atoms with Crippen LogP contribution in [0.2, 0.25) is 5.02 Å². The summed E-state index contributed by atoms with van der Waals surface area (Å²) >= 11 is 7.11. The summed E-state index contributed by atoms with van der Waals surface area (Å²) in [6, 6.07) is 12.1. The van der Waals surface area contributed by atoms with Crippen LogP contribution in [0.4, 0.5) is 8.78 Å². The molecule has 3 rings (SSSR count). The molecule has 2 aromatic rings. The molecule has 0 radical (unpaired) electrons. The molecule has 10 heteroatoms. The van der Waals surface area contributed by atoms with Crippen LogP contribution in [-0.4, -0.2) is 36.7 Å². The van der Waals surface area contributed by atoms with Crippen molar-refractivity contribution in [3.8, 4) is 5.75 Å². The fraction of sp³-hybridized carbons (Fsp3) is 0.200. The Morgan fingerprint density at radius 3 is 2.63 bits per heavy atom. The standard InChI is InChI=1S/C20H19ClF2N4O2S/c21-14-3-1-2-12(8-14)18(25)19(28)27-10-13(17(24)11-27)9-26-30-16-6-4-15(5-7-16)29-20(22)23/h1-9,18,20H,10-11,24-25H2/b26-9+. The lowest BCUT2D eigenvalue weighted by molar-refractivity contribution is -0.131. The SMILES string of the molecule is NC1=C(/C=N/Sc2ccc(OC(F)F)cc2)CN(C(=O)C(N)c2cccc(Cl)c2)C1. The summed E-state index contributed by atoms with van der Waals surface area (Å²) in [5.74, 6) is -0.183. The molecule has 1 aliphatic rings. The zero-order chi connectivity index (χ0) is 21.7. The van der Waals surface area contributed by atoms with E-state index < -0.39 is 12.7 Å². The number of alkyl halides is 2. The molecule has 4 N–H and O–H groups in total. The van der Waals surface area contributed by atoms with Crippen LogP contribution in [0.5, 0.6) is 5.75 Å². The van der Waals surface area contributed by atoms with Crippen LogP contribution in [0.1, 0.15) is 11.6 Å². The molecule has 0 saturated heterocycles. The molecule has 0 spiro atoms. The van der Waals surface area contributed by atoms with Crippen LogP contribution >= 0.6 is 23.5 Å². The molecule has 0 bridgehead atoms. The highest BCUT2D eigenvalue weighted by Crippen LogP contribution is 2.25. The van der Waals surface area contributed by atoms with E-state index in [0.29, 0.717) is 28.4 Å². The number of carbonyl (C=O) groups is 1. The van der Waals surface area contributed by atoms with Gasteiger partial charge in [-0.05, 0) is 42.0 Å². The van der Waals surface area contributed by atoms with E-state index in [1.54, 1.807) is 47.5 Å². The molecule has 6 nitrogen and oxygen atoms in total. The Morgan fingerprint density at radius 2 is 1.97 bits per heavy atom. The number of carbonyl (C=O) groups excluding carboxylic acids is 1. The predicted octanol–water partition coefficient (Wildman–Crippen LogP) is 3.77. The number of amides is 1. The van der Waals surface area contributed by atoms with Gasteiger partial charge in [0.15, 0.2) is 0 Å². The quantitative estimate of drug-likeness (QED) is 0.492. The average Bonchev–Trinajstić information content (AvgIpc) is 3.08. The minimum atomic E-state index is -2.86. The summed E-state index contributed by atoms with van der Waals surface area (Å²) in [5, 5.41) is 0.508. The van der Waals surface area contributed by atoms with Gasteiger partial charge in [-0.3, -0.25) is 4.79 Å². The van der Waals surface area contributed by atoms with Gasteiger partial charge in [0.25, 0.3) is 0 Å². The van der Waals surface area contributed by atoms with Crippen LogP contribution in [-0.2, 0) is 4.79 Å². The summed E-state index contributed by atoms with van der Waals surface area (Å²) in [6.45, 7) is -2.31. The number of nitrogens with zero attached hydrogens (tertiary/aromatic N) is 2. The largest absolute Gasteiger partial charge is 0.435 e. The zero-order valence-corrected chi connectivity index (χ0v) is 17.2. The lowest BCUT2D eigenvalue weighted by atomic mass is 10.1. The Labute approximate surface area is 181 Å². The minimum absolute atomic E-state index is 0.0753. The monoisotopic (exact) mass is 452 g/mol. The van der Waals surface area contributed by atoms with Crippen molar-refractivity contribution in [1.82, 2.24) is 4.90 Å². The number of rotatable bonds is 7. The third-order valence-electron chi connectivity index (χ3n) is 4.34. The number of ether oxygens (including phenoxy) is 1. The third-order valence-corrected chi connectivity index (χ3v) is 5.26. The van der Waals surface area contributed by atoms with Crippen molar-refractivity contribution in [2.24, 2.45) is 15.9 Å². The van der Waals surface area contributed by atoms with Gasteiger partial charge in [-0.25, -0.2) is 4.40 Å². The van der Waals surface area contributed by atoms with E-state index in [4.69, 9.17) is 23.1 Å². The van der Waals surface area contributed by atoms with Crippen molar-refractivity contribution in [2.45, 2.75) is 17.5 Å². The van der Waals surface area contributed by atoms with Gasteiger partial charge >= 0.3 is 6.61 Å². The van der Waals surface area contributed by atoms with Gasteiger partial charge in [-0.15, -0.1) is 0 Å². The first kappa shape index (κ1) is 22.1. The van der Waals surface area contributed by atoms with Crippen molar-refractivity contribution >= 4 is 35.7 Å².